The average molecular weight is 425 g/mol. The molecule has 2 rings (SSSR count). The van der Waals surface area contributed by atoms with Gasteiger partial charge >= 0.3 is 7.12 Å². The minimum absolute atomic E-state index is 0.0952. The Labute approximate surface area is 182 Å². The Hall–Kier alpha value is -3.17. The first-order valence-corrected chi connectivity index (χ1v) is 9.95. The highest BCUT2D eigenvalue weighted by molar-refractivity contribution is 6.58. The highest BCUT2D eigenvalue weighted by Crippen LogP contribution is 2.05. The van der Waals surface area contributed by atoms with Crippen LogP contribution in [0.1, 0.15) is 43.1 Å². The van der Waals surface area contributed by atoms with E-state index in [2.05, 4.69) is 16.0 Å². The van der Waals surface area contributed by atoms with Crippen molar-refractivity contribution in [2.24, 2.45) is 0 Å². The zero-order chi connectivity index (χ0) is 23.0. The summed E-state index contributed by atoms with van der Waals surface area (Å²) in [5, 5.41) is 26.7. The Morgan fingerprint density at radius 3 is 2.29 bits per heavy atom. The second-order valence-electron chi connectivity index (χ2n) is 8.23. The van der Waals surface area contributed by atoms with Crippen LogP contribution in [-0.2, 0) is 16.1 Å². The van der Waals surface area contributed by atoms with Gasteiger partial charge in [-0.1, -0.05) is 42.5 Å². The predicted octanol–water partition coefficient (Wildman–Crippen LogP) is 0.0860. The van der Waals surface area contributed by atoms with Gasteiger partial charge in [-0.2, -0.15) is 0 Å². The first-order chi connectivity index (χ1) is 14.5. The topological polar surface area (TPSA) is 128 Å². The van der Waals surface area contributed by atoms with Crippen molar-refractivity contribution in [2.75, 3.05) is 0 Å². The molecule has 0 aliphatic carbocycles. The molecule has 0 aliphatic rings. The lowest BCUT2D eigenvalue weighted by Crippen LogP contribution is -2.50. The van der Waals surface area contributed by atoms with Crippen LogP contribution in [0.3, 0.4) is 0 Å². The molecule has 2 aromatic rings. The average Bonchev–Trinajstić information content (AvgIpc) is 2.71. The molecule has 31 heavy (non-hydrogen) atoms. The largest absolute Gasteiger partial charge is 0.488 e. The molecule has 3 amide bonds. The Balaban J connectivity index is 2.10. The first kappa shape index (κ1) is 24.1. The van der Waals surface area contributed by atoms with E-state index < -0.39 is 30.5 Å². The lowest BCUT2D eigenvalue weighted by Gasteiger charge is -2.23. The van der Waals surface area contributed by atoms with Crippen LogP contribution in [0.15, 0.2) is 54.6 Å². The zero-order valence-electron chi connectivity index (χ0n) is 17.9. The van der Waals surface area contributed by atoms with Gasteiger partial charge in [0, 0.05) is 17.6 Å². The second-order valence-corrected chi connectivity index (χ2v) is 8.23. The molecule has 1 atom stereocenters. The Kier molecular flexibility index (Phi) is 8.35. The van der Waals surface area contributed by atoms with Crippen molar-refractivity contribution in [1.82, 2.24) is 16.0 Å². The van der Waals surface area contributed by atoms with Gasteiger partial charge in [0.25, 0.3) is 5.91 Å². The van der Waals surface area contributed by atoms with Crippen molar-refractivity contribution in [3.8, 4) is 0 Å². The van der Waals surface area contributed by atoms with Gasteiger partial charge < -0.3 is 26.0 Å². The van der Waals surface area contributed by atoms with Crippen LogP contribution in [0.5, 0.6) is 0 Å². The number of amides is 3. The van der Waals surface area contributed by atoms with E-state index in [1.807, 2.05) is 20.8 Å². The van der Waals surface area contributed by atoms with E-state index in [0.717, 1.165) is 0 Å². The molecule has 0 aromatic heterocycles. The first-order valence-electron chi connectivity index (χ1n) is 9.95. The molecule has 0 aliphatic heterocycles. The van der Waals surface area contributed by atoms with Crippen LogP contribution in [0.2, 0.25) is 0 Å². The summed E-state index contributed by atoms with van der Waals surface area (Å²) >= 11 is 0. The Bertz CT molecular complexity index is 913. The maximum absolute atomic E-state index is 12.8. The number of nitrogens with one attached hydrogen (secondary N) is 3. The molecule has 0 saturated heterocycles. The lowest BCUT2D eigenvalue weighted by atomic mass is 9.79. The summed E-state index contributed by atoms with van der Waals surface area (Å²) in [4.78, 5) is 37.7. The normalized spacial score (nSPS) is 11.9. The van der Waals surface area contributed by atoms with Crippen molar-refractivity contribution >= 4 is 30.3 Å². The van der Waals surface area contributed by atoms with Gasteiger partial charge in [0.1, 0.15) is 6.04 Å². The molecule has 0 bridgehead atoms. The third-order valence-electron chi connectivity index (χ3n) is 4.28. The monoisotopic (exact) mass is 425 g/mol. The molecule has 0 radical (unpaired) electrons. The number of hydrogen-bond acceptors (Lipinski definition) is 5. The Morgan fingerprint density at radius 2 is 1.68 bits per heavy atom. The van der Waals surface area contributed by atoms with E-state index in [1.54, 1.807) is 54.6 Å². The molecule has 0 heterocycles. The van der Waals surface area contributed by atoms with Crippen molar-refractivity contribution < 1.29 is 24.4 Å². The van der Waals surface area contributed by atoms with Crippen molar-refractivity contribution in [3.05, 3.63) is 65.7 Å². The summed E-state index contributed by atoms with van der Waals surface area (Å²) in [6, 6.07) is 13.8. The van der Waals surface area contributed by atoms with E-state index >= 15 is 0 Å². The lowest BCUT2D eigenvalue weighted by molar-refractivity contribution is -0.129. The molecule has 0 spiro atoms. The van der Waals surface area contributed by atoms with Gasteiger partial charge in [0.15, 0.2) is 0 Å². The second kappa shape index (κ2) is 10.7. The fourth-order valence-corrected chi connectivity index (χ4v) is 2.87. The molecular formula is C22H28BN3O5. The molecule has 8 nitrogen and oxygen atoms in total. The minimum atomic E-state index is -1.62. The van der Waals surface area contributed by atoms with Gasteiger partial charge in [-0.15, -0.1) is 0 Å². The van der Waals surface area contributed by atoms with E-state index in [9.17, 15) is 24.4 Å². The van der Waals surface area contributed by atoms with Crippen LogP contribution >= 0.6 is 0 Å². The van der Waals surface area contributed by atoms with E-state index in [0.29, 0.717) is 16.6 Å². The molecule has 5 N–H and O–H groups in total. The number of benzene rings is 2. The summed E-state index contributed by atoms with van der Waals surface area (Å²) in [5.41, 5.74) is 0.838. The summed E-state index contributed by atoms with van der Waals surface area (Å²) in [6.07, 6.45) is -0.225. The van der Waals surface area contributed by atoms with Crippen LogP contribution in [0, 0.1) is 0 Å². The number of carbonyl (C=O) groups is 3. The summed E-state index contributed by atoms with van der Waals surface area (Å²) in [6.45, 7) is 5.57. The standard InChI is InChI=1S/C22H28BN3O5/c1-22(2,3)26-19(27)13-18(25-20(28)16-9-5-4-6-10-16)21(29)24-14-15-8-7-11-17(12-15)23(30)31/h4-12,18,30-31H,13-14H2,1-3H3,(H,24,29)(H,25,28)(H,26,27)/t18-/m0/s1. The van der Waals surface area contributed by atoms with Gasteiger partial charge in [-0.25, -0.2) is 0 Å². The predicted molar refractivity (Wildman–Crippen MR) is 118 cm³/mol. The third kappa shape index (κ3) is 8.23. The highest BCUT2D eigenvalue weighted by atomic mass is 16.4. The summed E-state index contributed by atoms with van der Waals surface area (Å²) in [5.74, 6) is -1.36. The quantitative estimate of drug-likeness (QED) is 0.383. The molecule has 0 unspecified atom stereocenters. The molecule has 164 valence electrons. The molecule has 2 aromatic carbocycles. The van der Waals surface area contributed by atoms with Crippen molar-refractivity contribution in [3.63, 3.8) is 0 Å². The van der Waals surface area contributed by atoms with E-state index in [4.69, 9.17) is 0 Å². The zero-order valence-corrected chi connectivity index (χ0v) is 17.9. The number of rotatable bonds is 8. The maximum Gasteiger partial charge on any atom is 0.488 e. The Morgan fingerprint density at radius 1 is 1.00 bits per heavy atom. The van der Waals surface area contributed by atoms with E-state index in [1.165, 1.54) is 0 Å². The number of carbonyl (C=O) groups excluding carboxylic acids is 3. The van der Waals surface area contributed by atoms with Gasteiger partial charge in [-0.3, -0.25) is 14.4 Å². The van der Waals surface area contributed by atoms with Crippen LogP contribution in [0.25, 0.3) is 0 Å². The van der Waals surface area contributed by atoms with E-state index in [-0.39, 0.29) is 18.9 Å². The SMILES string of the molecule is CC(C)(C)NC(=O)C[C@H](NC(=O)c1ccccc1)C(=O)NCc1cccc(B(O)O)c1. The van der Waals surface area contributed by atoms with Gasteiger partial charge in [0.05, 0.1) is 6.42 Å². The summed E-state index contributed by atoms with van der Waals surface area (Å²) in [7, 11) is -1.62. The van der Waals surface area contributed by atoms with Crippen LogP contribution < -0.4 is 21.4 Å². The smallest absolute Gasteiger partial charge is 0.423 e. The molecule has 9 heteroatoms. The fraction of sp³-hybridized carbons (Fsp3) is 0.318. The minimum Gasteiger partial charge on any atom is -0.423 e. The maximum atomic E-state index is 12.8. The fourth-order valence-electron chi connectivity index (χ4n) is 2.87. The highest BCUT2D eigenvalue weighted by Gasteiger charge is 2.26. The van der Waals surface area contributed by atoms with Gasteiger partial charge in [-0.05, 0) is 43.9 Å². The van der Waals surface area contributed by atoms with Crippen LogP contribution in [0.4, 0.5) is 0 Å². The van der Waals surface area contributed by atoms with Gasteiger partial charge in [0.2, 0.25) is 11.8 Å². The van der Waals surface area contributed by atoms with Crippen molar-refractivity contribution in [2.45, 2.75) is 45.3 Å². The number of hydrogen-bond donors (Lipinski definition) is 5. The molecular weight excluding hydrogens is 397 g/mol. The molecule has 0 fully saturated rings. The van der Waals surface area contributed by atoms with Crippen LogP contribution in [-0.4, -0.2) is 46.5 Å². The summed E-state index contributed by atoms with van der Waals surface area (Å²) < 4.78 is 0. The third-order valence-corrected chi connectivity index (χ3v) is 4.28. The molecule has 0 saturated carbocycles. The van der Waals surface area contributed by atoms with Crippen molar-refractivity contribution in [1.29, 1.82) is 0 Å².